The fourth-order valence-electron chi connectivity index (χ4n) is 7.37. The van der Waals surface area contributed by atoms with E-state index in [1.165, 1.54) is 0 Å². The Kier molecular flexibility index (Phi) is 11.2. The number of carbonyl (C=O) groups is 2. The van der Waals surface area contributed by atoms with Gasteiger partial charge in [-0.1, -0.05) is 36.7 Å². The number of rotatable bonds is 3. The van der Waals surface area contributed by atoms with Gasteiger partial charge in [0.1, 0.15) is 19.0 Å². The molecule has 0 spiro atoms. The molecule has 10 nitrogen and oxygen atoms in total. The van der Waals surface area contributed by atoms with E-state index in [1.54, 1.807) is 30.0 Å². The number of aliphatic hydroxyl groups excluding tert-OH is 1. The second kappa shape index (κ2) is 15.4. The Morgan fingerprint density at radius 2 is 1.90 bits per heavy atom. The van der Waals surface area contributed by atoms with Crippen molar-refractivity contribution in [2.45, 2.75) is 82.9 Å². The number of amides is 2. The zero-order chi connectivity index (χ0) is 34.7. The first-order valence-electron chi connectivity index (χ1n) is 17.6. The highest BCUT2D eigenvalue weighted by Crippen LogP contribution is 2.42. The molecular formula is C37H48ClN3O7S. The number of nitrogens with one attached hydrogen (secondary N) is 1. The molecule has 2 amide bonds. The summed E-state index contributed by atoms with van der Waals surface area (Å²) in [5.41, 5.74) is 3.21. The Balaban J connectivity index is 1.32. The van der Waals surface area contributed by atoms with Crippen molar-refractivity contribution in [2.75, 3.05) is 37.7 Å². The van der Waals surface area contributed by atoms with Crippen LogP contribution in [0.2, 0.25) is 5.02 Å². The van der Waals surface area contributed by atoms with Crippen LogP contribution in [0.4, 0.5) is 5.69 Å². The van der Waals surface area contributed by atoms with E-state index in [-0.39, 0.29) is 41.9 Å². The number of β-amino-alcohol motifs (C(OH)–C–C–N with tert-alkyl or cyclic N) is 1. The lowest BCUT2D eigenvalue weighted by atomic mass is 9.70. The number of aryl methyl sites for hydroxylation is 1. The Morgan fingerprint density at radius 1 is 1.06 bits per heavy atom. The molecule has 2 aromatic carbocycles. The van der Waals surface area contributed by atoms with Crippen LogP contribution in [0.1, 0.15) is 73.9 Å². The number of hydrogen-bond donors (Lipinski definition) is 2. The summed E-state index contributed by atoms with van der Waals surface area (Å²) in [4.78, 5) is 30.4. The zero-order valence-corrected chi connectivity index (χ0v) is 29.9. The maximum absolute atomic E-state index is 13.5. The van der Waals surface area contributed by atoms with E-state index in [0.717, 1.165) is 48.9 Å². The van der Waals surface area contributed by atoms with Gasteiger partial charge in [-0.05, 0) is 111 Å². The Morgan fingerprint density at radius 3 is 2.65 bits per heavy atom. The van der Waals surface area contributed by atoms with E-state index in [4.69, 9.17) is 21.1 Å². The van der Waals surface area contributed by atoms with E-state index in [2.05, 4.69) is 9.62 Å². The number of likely N-dealkylation sites (tertiary alicyclic amines) is 1. The predicted octanol–water partition coefficient (Wildman–Crippen LogP) is 5.11. The van der Waals surface area contributed by atoms with Crippen LogP contribution < -0.4 is 14.4 Å². The molecular weight excluding hydrogens is 666 g/mol. The van der Waals surface area contributed by atoms with Crippen LogP contribution in [0.3, 0.4) is 0 Å². The van der Waals surface area contributed by atoms with Gasteiger partial charge in [-0.3, -0.25) is 9.59 Å². The van der Waals surface area contributed by atoms with Crippen molar-refractivity contribution in [2.24, 2.45) is 17.8 Å². The van der Waals surface area contributed by atoms with Crippen LogP contribution in [0.15, 0.2) is 48.6 Å². The molecule has 0 aromatic heterocycles. The Labute approximate surface area is 294 Å². The third kappa shape index (κ3) is 8.44. The molecule has 0 radical (unpaired) electrons. The molecule has 2 fully saturated rings. The van der Waals surface area contributed by atoms with Crippen molar-refractivity contribution in [1.82, 2.24) is 9.62 Å². The average Bonchev–Trinajstić information content (AvgIpc) is 3.49. The molecule has 4 aliphatic rings. The van der Waals surface area contributed by atoms with E-state index in [0.29, 0.717) is 56.4 Å². The number of anilines is 1. The Bertz CT molecular complexity index is 1670. The fourth-order valence-corrected chi connectivity index (χ4v) is 8.85. The number of carbonyl (C=O) groups excluding carboxylic acids is 2. The zero-order valence-electron chi connectivity index (χ0n) is 28.4. The minimum atomic E-state index is -3.98. The second-order valence-corrected chi connectivity index (χ2v) is 16.6. The quantitative estimate of drug-likeness (QED) is 0.421. The molecule has 1 saturated carbocycles. The molecule has 6 atom stereocenters. The van der Waals surface area contributed by atoms with Crippen molar-refractivity contribution in [3.63, 3.8) is 0 Å². The number of allylic oxidation sites excluding steroid dienone is 1. The van der Waals surface area contributed by atoms with Gasteiger partial charge < -0.3 is 24.4 Å². The normalized spacial score (nSPS) is 29.7. The van der Waals surface area contributed by atoms with E-state index in [1.807, 2.05) is 37.3 Å². The predicted molar refractivity (Wildman–Crippen MR) is 189 cm³/mol. The first-order valence-corrected chi connectivity index (χ1v) is 19.5. The number of aliphatic hydroxyl groups is 1. The molecule has 2 bridgehead atoms. The van der Waals surface area contributed by atoms with E-state index >= 15 is 0 Å². The molecule has 266 valence electrons. The summed E-state index contributed by atoms with van der Waals surface area (Å²) in [7, 11) is -3.98. The topological polar surface area (TPSA) is 125 Å². The van der Waals surface area contributed by atoms with Gasteiger partial charge >= 0.3 is 0 Å². The molecule has 2 aromatic rings. The second-order valence-electron chi connectivity index (χ2n) is 14.2. The maximum Gasteiger partial charge on any atom is 0.264 e. The van der Waals surface area contributed by atoms with Crippen molar-refractivity contribution in [1.29, 1.82) is 0 Å². The van der Waals surface area contributed by atoms with Crippen LogP contribution in [0.5, 0.6) is 5.75 Å². The number of hydrogen-bond acceptors (Lipinski definition) is 8. The van der Waals surface area contributed by atoms with Gasteiger partial charge in [0, 0.05) is 36.8 Å². The number of ether oxygens (including phenoxy) is 2. The minimum absolute atomic E-state index is 0.0777. The number of sulfonamides is 1. The molecule has 6 rings (SSSR count). The molecule has 0 unspecified atom stereocenters. The number of nitrogens with zero attached hydrogens (tertiary/aromatic N) is 2. The lowest BCUT2D eigenvalue weighted by Crippen LogP contribution is -2.45. The molecule has 2 N–H and O–H groups in total. The summed E-state index contributed by atoms with van der Waals surface area (Å²) in [5, 5.41) is 9.80. The van der Waals surface area contributed by atoms with E-state index < -0.39 is 27.3 Å². The SMILES string of the molecule is C[C@@H]1[C@@H](C)C/C=C/[C@H](OCC(=O)N2CC[C@H](O)C2)[C@@H]2CC[C@H]2CN2CCCCc3cc(Cl)ccc3COc3ccc(cc32)C(=O)NS1(=O)=O. The first kappa shape index (κ1) is 35.7. The summed E-state index contributed by atoms with van der Waals surface area (Å²) in [6.07, 6.45) is 8.78. The van der Waals surface area contributed by atoms with Crippen molar-refractivity contribution < 1.29 is 32.6 Å². The standard InChI is InChI=1S/C37H48ClN3O7S/c1-24-6-5-8-34(48-23-36(43)41-17-15-31(42)21-41)32-13-10-28(32)20-40-16-4-3-7-26-18-30(38)12-9-29(26)22-47-35-14-11-27(19-33(35)40)37(44)39-49(45,46)25(24)2/h5,8-9,11-12,14,18-19,24-25,28,31-32,34,42H,3-4,6-7,10,13,15-17,20-23H2,1-2H3,(H,39,44)/b8-5+/t24-,25+,28-,31-,32+,34-/m0/s1. The maximum atomic E-state index is 13.5. The number of halogens is 1. The highest BCUT2D eigenvalue weighted by Gasteiger charge is 2.39. The lowest BCUT2D eigenvalue weighted by Gasteiger charge is -2.44. The van der Waals surface area contributed by atoms with Gasteiger partial charge in [0.25, 0.3) is 5.91 Å². The first-order chi connectivity index (χ1) is 23.5. The van der Waals surface area contributed by atoms with E-state index in [9.17, 15) is 23.1 Å². The number of fused-ring (bicyclic) bond motifs is 3. The summed E-state index contributed by atoms with van der Waals surface area (Å²) < 4.78 is 41.9. The monoisotopic (exact) mass is 713 g/mol. The van der Waals surface area contributed by atoms with Gasteiger partial charge in [0.2, 0.25) is 15.9 Å². The molecule has 49 heavy (non-hydrogen) atoms. The average molecular weight is 714 g/mol. The van der Waals surface area contributed by atoms with Gasteiger partial charge in [-0.2, -0.15) is 0 Å². The molecule has 3 aliphatic heterocycles. The van der Waals surface area contributed by atoms with Gasteiger partial charge in [-0.25, -0.2) is 13.1 Å². The van der Waals surface area contributed by atoms with Gasteiger partial charge in [-0.15, -0.1) is 0 Å². The number of benzene rings is 2. The summed E-state index contributed by atoms with van der Waals surface area (Å²) in [5.74, 6) is -0.0532. The van der Waals surface area contributed by atoms with Crippen molar-refractivity contribution in [3.05, 3.63) is 70.3 Å². The summed E-state index contributed by atoms with van der Waals surface area (Å²) in [6.45, 7) is 5.97. The fraction of sp³-hybridized carbons (Fsp3) is 0.568. The van der Waals surface area contributed by atoms with Crippen molar-refractivity contribution in [3.8, 4) is 5.75 Å². The summed E-state index contributed by atoms with van der Waals surface area (Å²) >= 11 is 6.35. The van der Waals surface area contributed by atoms with Crippen LogP contribution in [-0.4, -0.2) is 80.5 Å². The third-order valence-corrected chi connectivity index (χ3v) is 13.0. The highest BCUT2D eigenvalue weighted by molar-refractivity contribution is 7.90. The van der Waals surface area contributed by atoms with Gasteiger partial charge in [0.05, 0.1) is 23.1 Å². The van der Waals surface area contributed by atoms with Gasteiger partial charge in [0.15, 0.2) is 0 Å². The third-order valence-electron chi connectivity index (χ3n) is 10.9. The molecule has 1 aliphatic carbocycles. The molecule has 12 heteroatoms. The summed E-state index contributed by atoms with van der Waals surface area (Å²) in [6, 6.07) is 11.0. The smallest absolute Gasteiger partial charge is 0.264 e. The van der Waals surface area contributed by atoms with Crippen LogP contribution in [-0.2, 0) is 32.6 Å². The largest absolute Gasteiger partial charge is 0.487 e. The van der Waals surface area contributed by atoms with Crippen LogP contribution in [0.25, 0.3) is 0 Å². The Hall–Kier alpha value is -3.12. The van der Waals surface area contributed by atoms with Crippen LogP contribution >= 0.6 is 11.6 Å². The highest BCUT2D eigenvalue weighted by atomic mass is 35.5. The molecule has 3 heterocycles. The molecule has 1 saturated heterocycles. The van der Waals surface area contributed by atoms with Crippen molar-refractivity contribution >= 4 is 39.1 Å². The van der Waals surface area contributed by atoms with Crippen LogP contribution in [0, 0.1) is 17.8 Å². The lowest BCUT2D eigenvalue weighted by molar-refractivity contribution is -0.138. The minimum Gasteiger partial charge on any atom is -0.487 e.